The van der Waals surface area contributed by atoms with E-state index in [9.17, 15) is 14.4 Å². The summed E-state index contributed by atoms with van der Waals surface area (Å²) in [6.07, 6.45) is -1.00. The third kappa shape index (κ3) is 4.28. The van der Waals surface area contributed by atoms with Crippen LogP contribution in [-0.4, -0.2) is 31.0 Å². The van der Waals surface area contributed by atoms with Gasteiger partial charge in [0.2, 0.25) is 5.91 Å². The van der Waals surface area contributed by atoms with Gasteiger partial charge in [0.15, 0.2) is 17.6 Å². The van der Waals surface area contributed by atoms with E-state index >= 15 is 0 Å². The van der Waals surface area contributed by atoms with Crippen LogP contribution in [-0.2, 0) is 14.4 Å². The van der Waals surface area contributed by atoms with Gasteiger partial charge < -0.3 is 9.47 Å². The molecule has 0 radical (unpaired) electrons. The summed E-state index contributed by atoms with van der Waals surface area (Å²) < 4.78 is 11.2. The molecule has 4 aromatic rings. The molecule has 4 aromatic carbocycles. The van der Waals surface area contributed by atoms with Gasteiger partial charge in [-0.05, 0) is 60.5 Å². The topological polar surface area (TPSA) is 85.4 Å². The number of carbonyl (C=O) groups is 3. The van der Waals surface area contributed by atoms with Gasteiger partial charge in [0.25, 0.3) is 5.91 Å². The molecule has 200 valence electrons. The van der Waals surface area contributed by atoms with Crippen molar-refractivity contribution in [3.05, 3.63) is 120 Å². The number of fused-ring (bicyclic) bond motifs is 1. The number of imide groups is 1. The second kappa shape index (κ2) is 10.3. The standard InChI is InChI=1S/C32H26N2O6/c1-20-11-9-10-16-24(20)33-30(35)27-28(34(40-29(27)31(33)36)23-14-7-4-8-15-23)22-17-18-25(26(19-22)38-2)39-32(37)21-12-5-3-6-13-21/h3-19,27-29H,1-2H3/t27-,28-,29+/m1/s1. The summed E-state index contributed by atoms with van der Waals surface area (Å²) in [6.45, 7) is 1.86. The Balaban J connectivity index is 1.39. The zero-order valence-electron chi connectivity index (χ0n) is 21.9. The predicted octanol–water partition coefficient (Wildman–Crippen LogP) is 5.27. The molecule has 0 aromatic heterocycles. The maximum absolute atomic E-state index is 13.9. The highest BCUT2D eigenvalue weighted by Gasteiger charge is 2.60. The molecule has 2 fully saturated rings. The smallest absolute Gasteiger partial charge is 0.343 e. The Hall–Kier alpha value is -4.95. The Morgan fingerprint density at radius 1 is 0.800 bits per heavy atom. The van der Waals surface area contributed by atoms with Crippen molar-refractivity contribution in [1.82, 2.24) is 0 Å². The third-order valence-electron chi connectivity index (χ3n) is 7.22. The molecule has 2 saturated heterocycles. The van der Waals surface area contributed by atoms with Gasteiger partial charge in [-0.25, -0.2) is 14.8 Å². The van der Waals surface area contributed by atoms with Crippen molar-refractivity contribution in [1.29, 1.82) is 0 Å². The number of nitrogens with zero attached hydrogens (tertiary/aromatic N) is 2. The number of esters is 1. The Morgan fingerprint density at radius 2 is 1.48 bits per heavy atom. The van der Waals surface area contributed by atoms with E-state index in [4.69, 9.17) is 14.3 Å². The van der Waals surface area contributed by atoms with E-state index in [1.165, 1.54) is 12.0 Å². The van der Waals surface area contributed by atoms with Crippen LogP contribution < -0.4 is 19.4 Å². The lowest BCUT2D eigenvalue weighted by atomic mass is 9.90. The van der Waals surface area contributed by atoms with E-state index in [2.05, 4.69) is 0 Å². The Kier molecular flexibility index (Phi) is 6.53. The van der Waals surface area contributed by atoms with Crippen molar-refractivity contribution in [3.8, 4) is 11.5 Å². The van der Waals surface area contributed by atoms with Gasteiger partial charge in [0.05, 0.1) is 30.1 Å². The first-order chi connectivity index (χ1) is 19.5. The van der Waals surface area contributed by atoms with Crippen molar-refractivity contribution in [2.75, 3.05) is 17.1 Å². The molecule has 0 N–H and O–H groups in total. The second-order valence-corrected chi connectivity index (χ2v) is 9.62. The molecule has 0 spiro atoms. The molecule has 0 saturated carbocycles. The molecule has 3 atom stereocenters. The number of amides is 2. The maximum Gasteiger partial charge on any atom is 0.343 e. The first-order valence-electron chi connectivity index (χ1n) is 12.9. The molecule has 0 aliphatic carbocycles. The molecular weight excluding hydrogens is 508 g/mol. The van der Waals surface area contributed by atoms with E-state index in [-0.39, 0.29) is 11.7 Å². The molecule has 6 rings (SSSR count). The average molecular weight is 535 g/mol. The van der Waals surface area contributed by atoms with Gasteiger partial charge in [0.1, 0.15) is 5.92 Å². The molecule has 0 unspecified atom stereocenters. The number of carbonyl (C=O) groups excluding carboxylic acids is 3. The lowest BCUT2D eigenvalue weighted by Crippen LogP contribution is -2.37. The highest BCUT2D eigenvalue weighted by Crippen LogP contribution is 2.49. The summed E-state index contributed by atoms with van der Waals surface area (Å²) in [5.41, 5.74) is 3.12. The molecule has 2 aliphatic heterocycles. The highest BCUT2D eigenvalue weighted by molar-refractivity contribution is 6.24. The van der Waals surface area contributed by atoms with Gasteiger partial charge in [-0.1, -0.05) is 60.7 Å². The summed E-state index contributed by atoms with van der Waals surface area (Å²) >= 11 is 0. The van der Waals surface area contributed by atoms with Crippen LogP contribution in [0.15, 0.2) is 103 Å². The fraction of sp³-hybridized carbons (Fsp3) is 0.156. The lowest BCUT2D eigenvalue weighted by Gasteiger charge is -2.29. The number of hydrogen-bond acceptors (Lipinski definition) is 7. The number of hydrogen-bond donors (Lipinski definition) is 0. The molecular formula is C32H26N2O6. The SMILES string of the molecule is COc1cc([C@@H]2[C@H]3C(=O)N(c4ccccc4C)C(=O)[C@H]3ON2c2ccccc2)ccc1OC(=O)c1ccccc1. The van der Waals surface area contributed by atoms with E-state index in [0.29, 0.717) is 28.3 Å². The van der Waals surface area contributed by atoms with Crippen molar-refractivity contribution in [3.63, 3.8) is 0 Å². The molecule has 8 nitrogen and oxygen atoms in total. The molecule has 2 aliphatic rings. The maximum atomic E-state index is 13.9. The molecule has 2 heterocycles. The van der Waals surface area contributed by atoms with Crippen LogP contribution >= 0.6 is 0 Å². The number of anilines is 2. The average Bonchev–Trinajstić information content (AvgIpc) is 3.50. The molecule has 0 bridgehead atoms. The van der Waals surface area contributed by atoms with Crippen molar-refractivity contribution in [2.24, 2.45) is 5.92 Å². The van der Waals surface area contributed by atoms with Gasteiger partial charge >= 0.3 is 5.97 Å². The number of methoxy groups -OCH3 is 1. The van der Waals surface area contributed by atoms with Gasteiger partial charge in [-0.3, -0.25) is 14.4 Å². The predicted molar refractivity (Wildman–Crippen MR) is 148 cm³/mol. The normalized spacial score (nSPS) is 20.0. The summed E-state index contributed by atoms with van der Waals surface area (Å²) in [5.74, 6) is -1.54. The largest absolute Gasteiger partial charge is 0.493 e. The van der Waals surface area contributed by atoms with E-state index in [0.717, 1.165) is 5.56 Å². The monoisotopic (exact) mass is 534 g/mol. The van der Waals surface area contributed by atoms with Gasteiger partial charge in [-0.15, -0.1) is 0 Å². The zero-order valence-corrected chi connectivity index (χ0v) is 21.9. The third-order valence-corrected chi connectivity index (χ3v) is 7.22. The Morgan fingerprint density at radius 3 is 2.17 bits per heavy atom. The first-order valence-corrected chi connectivity index (χ1v) is 12.9. The Bertz CT molecular complexity index is 1590. The summed E-state index contributed by atoms with van der Waals surface area (Å²) in [4.78, 5) is 47.7. The van der Waals surface area contributed by atoms with Gasteiger partial charge in [0, 0.05) is 0 Å². The minimum absolute atomic E-state index is 0.234. The van der Waals surface area contributed by atoms with Crippen LogP contribution in [0.2, 0.25) is 0 Å². The van der Waals surface area contributed by atoms with Gasteiger partial charge in [-0.2, -0.15) is 0 Å². The van der Waals surface area contributed by atoms with E-state index in [1.807, 2.05) is 55.5 Å². The van der Waals surface area contributed by atoms with E-state index < -0.39 is 29.9 Å². The fourth-order valence-corrected chi connectivity index (χ4v) is 5.29. The van der Waals surface area contributed by atoms with Crippen molar-refractivity contribution >= 4 is 29.2 Å². The number of rotatable bonds is 6. The number of hydroxylamine groups is 1. The molecule has 40 heavy (non-hydrogen) atoms. The Labute approximate surface area is 231 Å². The number of aryl methyl sites for hydroxylation is 1. The van der Waals surface area contributed by atoms with Crippen LogP contribution in [0.25, 0.3) is 0 Å². The number of para-hydroxylation sites is 2. The highest BCUT2D eigenvalue weighted by atomic mass is 16.7. The summed E-state index contributed by atoms with van der Waals surface area (Å²) in [7, 11) is 1.48. The lowest BCUT2D eigenvalue weighted by molar-refractivity contribution is -0.126. The number of ether oxygens (including phenoxy) is 2. The molecule has 8 heteroatoms. The minimum Gasteiger partial charge on any atom is -0.493 e. The zero-order chi connectivity index (χ0) is 27.8. The van der Waals surface area contributed by atoms with Crippen LogP contribution in [0.3, 0.4) is 0 Å². The van der Waals surface area contributed by atoms with Crippen LogP contribution in [0, 0.1) is 12.8 Å². The second-order valence-electron chi connectivity index (χ2n) is 9.62. The fourth-order valence-electron chi connectivity index (χ4n) is 5.29. The van der Waals surface area contributed by atoms with Crippen LogP contribution in [0.5, 0.6) is 11.5 Å². The summed E-state index contributed by atoms with van der Waals surface area (Å²) in [6, 6.07) is 29.7. The van der Waals surface area contributed by atoms with Crippen LogP contribution in [0.1, 0.15) is 27.5 Å². The van der Waals surface area contributed by atoms with Crippen molar-refractivity contribution < 1.29 is 28.7 Å². The van der Waals surface area contributed by atoms with E-state index in [1.54, 1.807) is 59.7 Å². The van der Waals surface area contributed by atoms with Crippen molar-refractivity contribution in [2.45, 2.75) is 19.1 Å². The summed E-state index contributed by atoms with van der Waals surface area (Å²) in [5, 5.41) is 1.62. The number of benzene rings is 4. The van der Waals surface area contributed by atoms with Crippen LogP contribution in [0.4, 0.5) is 11.4 Å². The first kappa shape index (κ1) is 25.3. The minimum atomic E-state index is -1.00. The molecule has 2 amide bonds. The quantitative estimate of drug-likeness (QED) is 0.189.